The number of pyridine rings is 1. The summed E-state index contributed by atoms with van der Waals surface area (Å²) in [6, 6.07) is 5.25. The van der Waals surface area contributed by atoms with Gasteiger partial charge in [0.1, 0.15) is 22.7 Å². The second kappa shape index (κ2) is 8.05. The summed E-state index contributed by atoms with van der Waals surface area (Å²) in [7, 11) is 0. The summed E-state index contributed by atoms with van der Waals surface area (Å²) < 4.78 is 17.7. The predicted octanol–water partition coefficient (Wildman–Crippen LogP) is 4.69. The molecular formula is C28H33NO6. The van der Waals surface area contributed by atoms with Crippen LogP contribution in [0.2, 0.25) is 0 Å². The lowest BCUT2D eigenvalue weighted by Gasteiger charge is -2.63. The Morgan fingerprint density at radius 2 is 2.09 bits per heavy atom. The van der Waals surface area contributed by atoms with Crippen LogP contribution in [-0.2, 0) is 9.53 Å². The van der Waals surface area contributed by atoms with Gasteiger partial charge in [-0.1, -0.05) is 26.8 Å². The van der Waals surface area contributed by atoms with Crippen molar-refractivity contribution in [2.24, 2.45) is 28.6 Å². The first-order valence-corrected chi connectivity index (χ1v) is 12.3. The van der Waals surface area contributed by atoms with Crippen LogP contribution in [0.4, 0.5) is 0 Å². The fourth-order valence-electron chi connectivity index (χ4n) is 7.05. The summed E-state index contributed by atoms with van der Waals surface area (Å²) >= 11 is 0. The smallest absolute Gasteiger partial charge is 0.345 e. The minimum atomic E-state index is -1.06. The minimum Gasteiger partial charge on any atom is -0.482 e. The highest BCUT2D eigenvalue weighted by Gasteiger charge is 2.64. The van der Waals surface area contributed by atoms with Gasteiger partial charge in [0.05, 0.1) is 12.7 Å². The van der Waals surface area contributed by atoms with E-state index in [0.717, 1.165) is 12.8 Å². The van der Waals surface area contributed by atoms with Gasteiger partial charge in [-0.3, -0.25) is 9.78 Å². The van der Waals surface area contributed by atoms with Gasteiger partial charge >= 0.3 is 11.6 Å². The maximum absolute atomic E-state index is 13.2. The molecule has 35 heavy (non-hydrogen) atoms. The SMILES string of the molecule is CC(=O)OC[C@@]1(C)C2C=C[C@@]3(C)Oc4cc(-c5cccnc5)oc(=O)c4[C@H](O)C3[C@@]2(C)CC[C@@H]1C. The van der Waals surface area contributed by atoms with Crippen molar-refractivity contribution in [3.05, 3.63) is 58.7 Å². The van der Waals surface area contributed by atoms with Crippen LogP contribution in [0.5, 0.6) is 5.75 Å². The van der Waals surface area contributed by atoms with E-state index in [0.29, 0.717) is 29.6 Å². The zero-order chi connectivity index (χ0) is 25.2. The predicted molar refractivity (Wildman–Crippen MR) is 130 cm³/mol. The number of rotatable bonds is 3. The molecule has 5 rings (SSSR count). The van der Waals surface area contributed by atoms with Crippen molar-refractivity contribution in [1.82, 2.24) is 4.98 Å². The first-order valence-electron chi connectivity index (χ1n) is 12.3. The Kier molecular flexibility index (Phi) is 5.47. The zero-order valence-electron chi connectivity index (χ0n) is 20.9. The lowest BCUT2D eigenvalue weighted by Crippen LogP contribution is -2.63. The van der Waals surface area contributed by atoms with Crippen molar-refractivity contribution in [3.8, 4) is 17.1 Å². The van der Waals surface area contributed by atoms with Crippen molar-refractivity contribution >= 4 is 5.97 Å². The summed E-state index contributed by atoms with van der Waals surface area (Å²) in [5.41, 5.74) is -1.30. The van der Waals surface area contributed by atoms with Gasteiger partial charge in [0.25, 0.3) is 0 Å². The van der Waals surface area contributed by atoms with Crippen LogP contribution < -0.4 is 10.4 Å². The second-order valence-electron chi connectivity index (χ2n) is 11.2. The molecule has 0 bridgehead atoms. The summed E-state index contributed by atoms with van der Waals surface area (Å²) in [6.45, 7) is 10.2. The molecule has 0 radical (unpaired) electrons. The van der Waals surface area contributed by atoms with E-state index in [-0.39, 0.29) is 28.8 Å². The van der Waals surface area contributed by atoms with Crippen molar-refractivity contribution in [3.63, 3.8) is 0 Å². The molecular weight excluding hydrogens is 446 g/mol. The van der Waals surface area contributed by atoms with Crippen LogP contribution in [-0.4, -0.2) is 28.3 Å². The van der Waals surface area contributed by atoms with Crippen LogP contribution in [0, 0.1) is 28.6 Å². The third-order valence-electron chi connectivity index (χ3n) is 9.03. The van der Waals surface area contributed by atoms with E-state index in [9.17, 15) is 14.7 Å². The van der Waals surface area contributed by atoms with Gasteiger partial charge in [-0.15, -0.1) is 0 Å². The summed E-state index contributed by atoms with van der Waals surface area (Å²) in [5.74, 6) is 0.346. The van der Waals surface area contributed by atoms with E-state index in [1.807, 2.05) is 13.0 Å². The van der Waals surface area contributed by atoms with E-state index in [2.05, 4.69) is 31.8 Å². The molecule has 3 aliphatic rings. The monoisotopic (exact) mass is 479 g/mol. The number of carbonyl (C=O) groups excluding carboxylic acids is 1. The first-order chi connectivity index (χ1) is 16.5. The normalized spacial score (nSPS) is 37.4. The summed E-state index contributed by atoms with van der Waals surface area (Å²) in [6.07, 6.45) is 8.18. The molecule has 1 N–H and O–H groups in total. The topological polar surface area (TPSA) is 98.9 Å². The van der Waals surface area contributed by atoms with Crippen LogP contribution in [0.25, 0.3) is 11.3 Å². The zero-order valence-corrected chi connectivity index (χ0v) is 20.9. The van der Waals surface area contributed by atoms with E-state index < -0.39 is 22.7 Å². The highest BCUT2D eigenvalue weighted by Crippen LogP contribution is 2.65. The van der Waals surface area contributed by atoms with Crippen molar-refractivity contribution in [2.75, 3.05) is 6.61 Å². The highest BCUT2D eigenvalue weighted by molar-refractivity contribution is 5.66. The number of esters is 1. The van der Waals surface area contributed by atoms with Gasteiger partial charge in [-0.25, -0.2) is 4.79 Å². The van der Waals surface area contributed by atoms with Gasteiger partial charge in [0, 0.05) is 42.3 Å². The average molecular weight is 480 g/mol. The highest BCUT2D eigenvalue weighted by atomic mass is 16.5. The van der Waals surface area contributed by atoms with Gasteiger partial charge in [0.2, 0.25) is 0 Å². The molecule has 7 heteroatoms. The van der Waals surface area contributed by atoms with Crippen molar-refractivity contribution in [2.45, 2.75) is 59.2 Å². The lowest BCUT2D eigenvalue weighted by atomic mass is 9.44. The number of aromatic nitrogens is 1. The number of aliphatic hydroxyl groups is 1. The minimum absolute atomic E-state index is 0.0256. The molecule has 186 valence electrons. The van der Waals surface area contributed by atoms with Crippen LogP contribution in [0.3, 0.4) is 0 Å². The summed E-state index contributed by atoms with van der Waals surface area (Å²) in [5, 5.41) is 11.8. The number of aliphatic hydroxyl groups excluding tert-OH is 1. The lowest BCUT2D eigenvalue weighted by molar-refractivity contribution is -0.180. The molecule has 7 atom stereocenters. The number of allylic oxidation sites excluding steroid dienone is 1. The third kappa shape index (κ3) is 3.54. The number of ether oxygens (including phenoxy) is 2. The van der Waals surface area contributed by atoms with Gasteiger partial charge in [0.15, 0.2) is 0 Å². The third-order valence-corrected chi connectivity index (χ3v) is 9.03. The van der Waals surface area contributed by atoms with Gasteiger partial charge in [-0.2, -0.15) is 0 Å². The molecule has 1 aliphatic heterocycles. The Balaban J connectivity index is 1.60. The molecule has 2 aromatic rings. The molecule has 7 nitrogen and oxygen atoms in total. The Bertz CT molecular complexity index is 1240. The summed E-state index contributed by atoms with van der Waals surface area (Å²) in [4.78, 5) is 28.9. The molecule has 0 amide bonds. The maximum atomic E-state index is 13.2. The molecule has 3 heterocycles. The number of hydrogen-bond acceptors (Lipinski definition) is 7. The largest absolute Gasteiger partial charge is 0.482 e. The number of nitrogens with zero attached hydrogens (tertiary/aromatic N) is 1. The van der Waals surface area contributed by atoms with E-state index in [1.165, 1.54) is 6.92 Å². The first kappa shape index (κ1) is 23.8. The van der Waals surface area contributed by atoms with Crippen LogP contribution in [0.15, 0.2) is 52.0 Å². The van der Waals surface area contributed by atoms with Crippen LogP contribution in [0.1, 0.15) is 59.1 Å². The number of fused-ring (bicyclic) bond motifs is 4. The van der Waals surface area contributed by atoms with Gasteiger partial charge in [-0.05, 0) is 55.2 Å². The Morgan fingerprint density at radius 3 is 2.77 bits per heavy atom. The van der Waals surface area contributed by atoms with E-state index in [1.54, 1.807) is 30.6 Å². The molecule has 0 saturated heterocycles. The fraction of sp³-hybridized carbons (Fsp3) is 0.536. The van der Waals surface area contributed by atoms with Gasteiger partial charge < -0.3 is 19.0 Å². The standard InChI is InChI=1S/C28H33NO6/c1-16-8-10-26(3)21(27(16,4)15-33-17(2)30)9-11-28(5)24(26)23(31)22-20(35-28)13-19(34-25(22)32)18-7-6-12-29-14-18/h6-7,9,11-14,16,21,23-24,31H,8,10,15H2,1-5H3/t16-,21?,23-,24?,26-,27+,28+/m0/s1. The Hall–Kier alpha value is -2.93. The molecule has 1 saturated carbocycles. The van der Waals surface area contributed by atoms with Crippen molar-refractivity contribution in [1.29, 1.82) is 0 Å². The molecule has 1 fully saturated rings. The van der Waals surface area contributed by atoms with Crippen LogP contribution >= 0.6 is 0 Å². The molecule has 0 aromatic carbocycles. The quantitative estimate of drug-likeness (QED) is 0.503. The Morgan fingerprint density at radius 1 is 1.31 bits per heavy atom. The second-order valence-corrected chi connectivity index (χ2v) is 11.2. The Labute approximate surface area is 205 Å². The fourth-order valence-corrected chi connectivity index (χ4v) is 7.05. The van der Waals surface area contributed by atoms with E-state index >= 15 is 0 Å². The van der Waals surface area contributed by atoms with E-state index in [4.69, 9.17) is 13.9 Å². The molecule has 2 unspecified atom stereocenters. The maximum Gasteiger partial charge on any atom is 0.345 e. The molecule has 2 aliphatic carbocycles. The average Bonchev–Trinajstić information content (AvgIpc) is 2.80. The van der Waals surface area contributed by atoms with Crippen molar-refractivity contribution < 1.29 is 23.8 Å². The number of carbonyl (C=O) groups is 1. The molecule has 0 spiro atoms. The number of hydrogen-bond donors (Lipinski definition) is 1. The molecule has 2 aromatic heterocycles.